The molecule has 0 spiro atoms. The molecule has 1 rings (SSSR count). The van der Waals surface area contributed by atoms with Crippen LogP contribution in [0.1, 0.15) is 27.7 Å². The Morgan fingerprint density at radius 3 is 1.60 bits per heavy atom. The number of rotatable bonds is 1. The van der Waals surface area contributed by atoms with Gasteiger partial charge < -0.3 is 0 Å². The van der Waals surface area contributed by atoms with Crippen molar-refractivity contribution in [2.24, 2.45) is 17.3 Å². The Bertz CT molecular complexity index is 151. The summed E-state index contributed by atoms with van der Waals surface area (Å²) in [5, 5.41) is 0. The summed E-state index contributed by atoms with van der Waals surface area (Å²) in [6.45, 7) is 8.61. The third kappa shape index (κ3) is 0.753. The van der Waals surface area contributed by atoms with E-state index in [0.717, 1.165) is 0 Å². The number of alkyl halides is 2. The van der Waals surface area contributed by atoms with Crippen molar-refractivity contribution in [2.45, 2.75) is 32.0 Å². The molecule has 10 heavy (non-hydrogen) atoms. The third-order valence-corrected chi connectivity index (χ3v) is 4.75. The molecule has 2 unspecified atom stereocenters. The van der Waals surface area contributed by atoms with E-state index in [0.29, 0.717) is 11.8 Å². The quantitative estimate of drug-likeness (QED) is 0.543. The molecule has 0 heterocycles. The Hall–Kier alpha value is 0.580. The molecule has 0 aliphatic heterocycles. The maximum Gasteiger partial charge on any atom is 0.127 e. The van der Waals surface area contributed by atoms with Gasteiger partial charge in [0, 0.05) is 5.41 Å². The number of halogens is 2. The zero-order valence-electron chi connectivity index (χ0n) is 6.91. The summed E-state index contributed by atoms with van der Waals surface area (Å²) in [6, 6.07) is 0. The highest BCUT2D eigenvalue weighted by molar-refractivity contribution is 6.51. The van der Waals surface area contributed by atoms with Crippen molar-refractivity contribution in [1.82, 2.24) is 0 Å². The maximum absolute atomic E-state index is 6.06. The topological polar surface area (TPSA) is 0 Å². The van der Waals surface area contributed by atoms with Crippen molar-refractivity contribution in [1.29, 1.82) is 0 Å². The van der Waals surface area contributed by atoms with E-state index in [4.69, 9.17) is 23.2 Å². The normalized spacial score (nSPS) is 44.1. The maximum atomic E-state index is 6.06. The van der Waals surface area contributed by atoms with Crippen molar-refractivity contribution in [3.8, 4) is 0 Å². The Morgan fingerprint density at radius 1 is 1.30 bits per heavy atom. The van der Waals surface area contributed by atoms with Crippen molar-refractivity contribution in [3.63, 3.8) is 0 Å². The summed E-state index contributed by atoms with van der Waals surface area (Å²) in [4.78, 5) is 0. The summed E-state index contributed by atoms with van der Waals surface area (Å²) < 4.78 is -0.471. The smallest absolute Gasteiger partial charge is 0.101 e. The lowest BCUT2D eigenvalue weighted by molar-refractivity contribution is 0.362. The zero-order chi connectivity index (χ0) is 8.15. The molecular formula is C8H14Cl2. The fraction of sp³-hybridized carbons (Fsp3) is 1.00. The average Bonchev–Trinajstić information content (AvgIpc) is 2.16. The van der Waals surface area contributed by atoms with E-state index < -0.39 is 4.33 Å². The van der Waals surface area contributed by atoms with Gasteiger partial charge >= 0.3 is 0 Å². The molecule has 0 N–H and O–H groups in total. The average molecular weight is 181 g/mol. The molecule has 0 nitrogen and oxygen atoms in total. The molecule has 0 aromatic heterocycles. The first kappa shape index (κ1) is 8.67. The lowest BCUT2D eigenvalue weighted by atomic mass is 9.92. The van der Waals surface area contributed by atoms with E-state index in [1.54, 1.807) is 0 Å². The highest BCUT2D eigenvalue weighted by atomic mass is 35.5. The van der Waals surface area contributed by atoms with Gasteiger partial charge in [-0.15, -0.1) is 23.2 Å². The molecule has 2 heteroatoms. The highest BCUT2D eigenvalue weighted by Crippen LogP contribution is 2.71. The van der Waals surface area contributed by atoms with Crippen LogP contribution in [0, 0.1) is 17.3 Å². The van der Waals surface area contributed by atoms with Crippen LogP contribution in [0.15, 0.2) is 0 Å². The van der Waals surface area contributed by atoms with Gasteiger partial charge in [0.1, 0.15) is 4.33 Å². The lowest BCUT2D eigenvalue weighted by Gasteiger charge is -2.15. The molecule has 1 fully saturated rings. The number of hydrogen-bond donors (Lipinski definition) is 0. The number of hydrogen-bond acceptors (Lipinski definition) is 0. The van der Waals surface area contributed by atoms with Crippen molar-refractivity contribution in [2.75, 3.05) is 0 Å². The minimum Gasteiger partial charge on any atom is -0.101 e. The zero-order valence-corrected chi connectivity index (χ0v) is 8.42. The van der Waals surface area contributed by atoms with Crippen molar-refractivity contribution >= 4 is 23.2 Å². The first-order chi connectivity index (χ1) is 4.35. The summed E-state index contributed by atoms with van der Waals surface area (Å²) in [6.07, 6.45) is 0. The van der Waals surface area contributed by atoms with Crippen LogP contribution < -0.4 is 0 Å². The van der Waals surface area contributed by atoms with Crippen LogP contribution in [0.2, 0.25) is 0 Å². The second-order valence-electron chi connectivity index (χ2n) is 3.78. The Morgan fingerprint density at radius 2 is 1.60 bits per heavy atom. The van der Waals surface area contributed by atoms with Crippen molar-refractivity contribution < 1.29 is 0 Å². The second-order valence-corrected chi connectivity index (χ2v) is 5.17. The van der Waals surface area contributed by atoms with Gasteiger partial charge in [-0.1, -0.05) is 27.7 Å². The fourth-order valence-corrected chi connectivity index (χ4v) is 2.75. The first-order valence-electron chi connectivity index (χ1n) is 3.73. The van der Waals surface area contributed by atoms with Crippen molar-refractivity contribution in [3.05, 3.63) is 0 Å². The van der Waals surface area contributed by atoms with Gasteiger partial charge in [0.05, 0.1) is 0 Å². The molecule has 0 aromatic carbocycles. The Kier molecular flexibility index (Phi) is 1.77. The molecule has 0 amide bonds. The second kappa shape index (κ2) is 2.04. The molecule has 0 bridgehead atoms. The van der Waals surface area contributed by atoms with Gasteiger partial charge in [0.25, 0.3) is 0 Å². The summed E-state index contributed by atoms with van der Waals surface area (Å²) in [5.74, 6) is 1.00. The van der Waals surface area contributed by atoms with Gasteiger partial charge in [-0.05, 0) is 11.8 Å². The van der Waals surface area contributed by atoms with Crippen LogP contribution >= 0.6 is 23.2 Å². The largest absolute Gasteiger partial charge is 0.127 e. The molecule has 60 valence electrons. The SMILES string of the molecule is CC(C)C1(C)C(C)C1(Cl)Cl. The van der Waals surface area contributed by atoms with E-state index in [9.17, 15) is 0 Å². The fourth-order valence-electron chi connectivity index (χ4n) is 1.65. The predicted octanol–water partition coefficient (Wildman–Crippen LogP) is 3.47. The molecule has 1 saturated carbocycles. The standard InChI is InChI=1S/C8H14Cl2/c1-5(2)7(4)6(3)8(7,9)10/h5-6H,1-4H3. The van der Waals surface area contributed by atoms with Crippen LogP contribution in [0.25, 0.3) is 0 Å². The van der Waals surface area contributed by atoms with Crippen LogP contribution in [-0.2, 0) is 0 Å². The van der Waals surface area contributed by atoms with Gasteiger partial charge in [-0.25, -0.2) is 0 Å². The Labute approximate surface area is 72.9 Å². The summed E-state index contributed by atoms with van der Waals surface area (Å²) >= 11 is 12.1. The highest BCUT2D eigenvalue weighted by Gasteiger charge is 2.71. The van der Waals surface area contributed by atoms with Gasteiger partial charge in [0.15, 0.2) is 0 Å². The predicted molar refractivity (Wildman–Crippen MR) is 46.5 cm³/mol. The summed E-state index contributed by atoms with van der Waals surface area (Å²) in [5.41, 5.74) is 0.135. The molecule has 1 aliphatic carbocycles. The molecule has 0 aromatic rings. The first-order valence-corrected chi connectivity index (χ1v) is 4.48. The van der Waals surface area contributed by atoms with Gasteiger partial charge in [-0.3, -0.25) is 0 Å². The van der Waals surface area contributed by atoms with Gasteiger partial charge in [-0.2, -0.15) is 0 Å². The molecule has 0 radical (unpaired) electrons. The van der Waals surface area contributed by atoms with E-state index in [1.807, 2.05) is 0 Å². The third-order valence-electron chi connectivity index (χ3n) is 3.28. The summed E-state index contributed by atoms with van der Waals surface area (Å²) in [7, 11) is 0. The minimum atomic E-state index is -0.471. The molecule has 2 atom stereocenters. The Balaban J connectivity index is 2.78. The molecular weight excluding hydrogens is 167 g/mol. The van der Waals surface area contributed by atoms with E-state index in [2.05, 4.69) is 27.7 Å². The lowest BCUT2D eigenvalue weighted by Crippen LogP contribution is -2.12. The van der Waals surface area contributed by atoms with E-state index in [-0.39, 0.29) is 5.41 Å². The van der Waals surface area contributed by atoms with E-state index >= 15 is 0 Å². The molecule has 1 aliphatic rings. The van der Waals surface area contributed by atoms with Crippen LogP contribution in [0.3, 0.4) is 0 Å². The van der Waals surface area contributed by atoms with Crippen LogP contribution in [0.4, 0.5) is 0 Å². The monoisotopic (exact) mass is 180 g/mol. The minimum absolute atomic E-state index is 0.135. The van der Waals surface area contributed by atoms with E-state index in [1.165, 1.54) is 0 Å². The van der Waals surface area contributed by atoms with Gasteiger partial charge in [0.2, 0.25) is 0 Å². The molecule has 0 saturated heterocycles. The van der Waals surface area contributed by atoms with Crippen LogP contribution in [0.5, 0.6) is 0 Å². The van der Waals surface area contributed by atoms with Crippen LogP contribution in [-0.4, -0.2) is 4.33 Å².